The summed E-state index contributed by atoms with van der Waals surface area (Å²) in [6, 6.07) is 8.22. The van der Waals surface area contributed by atoms with Crippen LogP contribution in [0.3, 0.4) is 0 Å². The van der Waals surface area contributed by atoms with Crippen LogP contribution in [-0.2, 0) is 19.6 Å². The van der Waals surface area contributed by atoms with E-state index in [0.717, 1.165) is 68.3 Å². The number of fused-ring (bicyclic) bond motifs is 2. The molecule has 27 heavy (non-hydrogen) atoms. The first kappa shape index (κ1) is 17.0. The van der Waals surface area contributed by atoms with Gasteiger partial charge in [-0.2, -0.15) is 5.10 Å². The molecule has 1 fully saturated rings. The molecule has 0 spiro atoms. The quantitative estimate of drug-likeness (QED) is 0.852. The number of aryl methyl sites for hydroxylation is 1. The van der Waals surface area contributed by atoms with Crippen LogP contribution >= 0.6 is 0 Å². The van der Waals surface area contributed by atoms with Crippen LogP contribution in [0.15, 0.2) is 24.3 Å². The van der Waals surface area contributed by atoms with Gasteiger partial charge in [-0.05, 0) is 49.7 Å². The van der Waals surface area contributed by atoms with Crippen molar-refractivity contribution < 1.29 is 14.6 Å². The summed E-state index contributed by atoms with van der Waals surface area (Å²) in [5.41, 5.74) is 3.49. The molecule has 144 valence electrons. The maximum Gasteiger partial charge on any atom is 0.231 e. The molecular formula is C20H26N4O3. The number of hydrogen-bond donors (Lipinski definition) is 2. The number of ether oxygens (including phenoxy) is 2. The number of hydrogen-bond acceptors (Lipinski definition) is 6. The Morgan fingerprint density at radius 1 is 1.19 bits per heavy atom. The van der Waals surface area contributed by atoms with Gasteiger partial charge in [-0.15, -0.1) is 0 Å². The molecule has 0 bridgehead atoms. The summed E-state index contributed by atoms with van der Waals surface area (Å²) in [5.74, 6) is 1.72. The van der Waals surface area contributed by atoms with Crippen molar-refractivity contribution in [2.45, 2.75) is 44.5 Å². The van der Waals surface area contributed by atoms with Crippen molar-refractivity contribution in [3.05, 3.63) is 41.2 Å². The molecule has 3 aliphatic rings. The topological polar surface area (TPSA) is 71.8 Å². The van der Waals surface area contributed by atoms with E-state index in [4.69, 9.17) is 14.6 Å². The SMILES string of the molecule is O[C@@H]1CN(Cc2cc3n(n2)CCCNC3)CC[C@H]1c1ccc2c(c1)OCO2. The van der Waals surface area contributed by atoms with E-state index in [0.29, 0.717) is 6.54 Å². The summed E-state index contributed by atoms with van der Waals surface area (Å²) in [5, 5.41) is 19.0. The van der Waals surface area contributed by atoms with E-state index in [1.807, 2.05) is 12.1 Å². The molecule has 0 amide bonds. The fourth-order valence-electron chi connectivity index (χ4n) is 4.40. The number of β-amino-alcohol motifs (C(OH)–C–C–N with tert-alkyl or cyclic N) is 1. The van der Waals surface area contributed by atoms with Crippen LogP contribution in [0.25, 0.3) is 0 Å². The van der Waals surface area contributed by atoms with Crippen molar-refractivity contribution in [2.75, 3.05) is 26.4 Å². The number of likely N-dealkylation sites (tertiary alicyclic amines) is 1. The summed E-state index contributed by atoms with van der Waals surface area (Å²) in [4.78, 5) is 2.31. The number of aliphatic hydroxyl groups excluding tert-OH is 1. The van der Waals surface area contributed by atoms with Gasteiger partial charge in [0.1, 0.15) is 0 Å². The number of nitrogens with one attached hydrogen (secondary N) is 1. The van der Waals surface area contributed by atoms with Crippen LogP contribution < -0.4 is 14.8 Å². The number of benzene rings is 1. The third-order valence-electron chi connectivity index (χ3n) is 5.82. The van der Waals surface area contributed by atoms with Crippen LogP contribution in [0, 0.1) is 0 Å². The smallest absolute Gasteiger partial charge is 0.231 e. The molecule has 4 heterocycles. The third kappa shape index (κ3) is 3.42. The average Bonchev–Trinajstić information content (AvgIpc) is 3.22. The summed E-state index contributed by atoms with van der Waals surface area (Å²) >= 11 is 0. The van der Waals surface area contributed by atoms with Gasteiger partial charge >= 0.3 is 0 Å². The number of aromatic nitrogens is 2. The van der Waals surface area contributed by atoms with E-state index in [2.05, 4.69) is 27.0 Å². The Balaban J connectivity index is 1.24. The van der Waals surface area contributed by atoms with E-state index in [-0.39, 0.29) is 18.8 Å². The fraction of sp³-hybridized carbons (Fsp3) is 0.550. The van der Waals surface area contributed by atoms with Gasteiger partial charge in [0.05, 0.1) is 17.5 Å². The van der Waals surface area contributed by atoms with Gasteiger partial charge in [0.25, 0.3) is 0 Å². The maximum absolute atomic E-state index is 10.8. The first-order chi connectivity index (χ1) is 13.3. The minimum Gasteiger partial charge on any atom is -0.454 e. The van der Waals surface area contributed by atoms with Crippen molar-refractivity contribution in [3.8, 4) is 11.5 Å². The maximum atomic E-state index is 10.8. The summed E-state index contributed by atoms with van der Waals surface area (Å²) < 4.78 is 13.0. The number of piperidine rings is 1. The molecule has 7 heteroatoms. The van der Waals surface area contributed by atoms with Crippen molar-refractivity contribution >= 4 is 0 Å². The Bertz CT molecular complexity index is 798. The Morgan fingerprint density at radius 3 is 3.04 bits per heavy atom. The molecule has 2 N–H and O–H groups in total. The molecule has 0 radical (unpaired) electrons. The zero-order chi connectivity index (χ0) is 18.2. The molecular weight excluding hydrogens is 344 g/mol. The highest BCUT2D eigenvalue weighted by Crippen LogP contribution is 2.37. The lowest BCUT2D eigenvalue weighted by Gasteiger charge is -2.35. The summed E-state index contributed by atoms with van der Waals surface area (Å²) in [6.45, 7) is 5.63. The largest absolute Gasteiger partial charge is 0.454 e. The molecule has 1 aromatic carbocycles. The van der Waals surface area contributed by atoms with Gasteiger partial charge in [-0.3, -0.25) is 9.58 Å². The molecule has 0 unspecified atom stereocenters. The van der Waals surface area contributed by atoms with E-state index in [1.54, 1.807) is 0 Å². The number of aliphatic hydroxyl groups is 1. The predicted molar refractivity (Wildman–Crippen MR) is 99.8 cm³/mol. The standard InChI is InChI=1S/C20H26N4O3/c25-18-12-23(11-15-9-16-10-21-5-1-6-24(16)22-15)7-4-17(18)14-2-3-19-20(8-14)27-13-26-19/h2-3,8-9,17-18,21,25H,1,4-7,10-13H2/t17-,18+/m0/s1. The van der Waals surface area contributed by atoms with Crippen LogP contribution in [-0.4, -0.2) is 52.3 Å². The lowest BCUT2D eigenvalue weighted by atomic mass is 9.87. The second kappa shape index (κ2) is 7.14. The molecule has 0 aliphatic carbocycles. The second-order valence-electron chi connectivity index (χ2n) is 7.69. The molecule has 7 nitrogen and oxygen atoms in total. The van der Waals surface area contributed by atoms with Gasteiger partial charge < -0.3 is 19.9 Å². The molecule has 5 rings (SSSR count). The minimum atomic E-state index is -0.388. The van der Waals surface area contributed by atoms with Gasteiger partial charge in [0.2, 0.25) is 6.79 Å². The molecule has 1 saturated heterocycles. The highest BCUT2D eigenvalue weighted by Gasteiger charge is 2.30. The Morgan fingerprint density at radius 2 is 2.11 bits per heavy atom. The van der Waals surface area contributed by atoms with Crippen molar-refractivity contribution in [1.82, 2.24) is 20.0 Å². The normalized spacial score (nSPS) is 25.2. The molecule has 2 aromatic rings. The summed E-state index contributed by atoms with van der Waals surface area (Å²) in [7, 11) is 0. The van der Waals surface area contributed by atoms with Gasteiger partial charge in [-0.1, -0.05) is 6.07 Å². The molecule has 3 aliphatic heterocycles. The van der Waals surface area contributed by atoms with Crippen LogP contribution in [0.1, 0.15) is 35.7 Å². The first-order valence-electron chi connectivity index (χ1n) is 9.82. The lowest BCUT2D eigenvalue weighted by molar-refractivity contribution is 0.0470. The van der Waals surface area contributed by atoms with Crippen molar-refractivity contribution in [1.29, 1.82) is 0 Å². The zero-order valence-electron chi connectivity index (χ0n) is 15.4. The monoisotopic (exact) mass is 370 g/mol. The number of nitrogens with zero attached hydrogens (tertiary/aromatic N) is 3. The van der Waals surface area contributed by atoms with E-state index < -0.39 is 0 Å². The predicted octanol–water partition coefficient (Wildman–Crippen LogP) is 1.46. The fourth-order valence-corrected chi connectivity index (χ4v) is 4.40. The minimum absolute atomic E-state index is 0.138. The highest BCUT2D eigenvalue weighted by molar-refractivity contribution is 5.45. The average molecular weight is 370 g/mol. The zero-order valence-corrected chi connectivity index (χ0v) is 15.4. The van der Waals surface area contributed by atoms with E-state index >= 15 is 0 Å². The molecule has 0 saturated carbocycles. The van der Waals surface area contributed by atoms with Crippen LogP contribution in [0.2, 0.25) is 0 Å². The Hall–Kier alpha value is -2.09. The molecule has 2 atom stereocenters. The number of rotatable bonds is 3. The molecule has 1 aromatic heterocycles. The van der Waals surface area contributed by atoms with Crippen LogP contribution in [0.4, 0.5) is 0 Å². The van der Waals surface area contributed by atoms with Crippen LogP contribution in [0.5, 0.6) is 11.5 Å². The van der Waals surface area contributed by atoms with Gasteiger partial charge in [0.15, 0.2) is 11.5 Å². The van der Waals surface area contributed by atoms with E-state index in [9.17, 15) is 5.11 Å². The van der Waals surface area contributed by atoms with Gasteiger partial charge in [-0.25, -0.2) is 0 Å². The Kier molecular flexibility index (Phi) is 4.51. The summed E-state index contributed by atoms with van der Waals surface area (Å²) in [6.07, 6.45) is 1.66. The Labute approximate surface area is 158 Å². The first-order valence-corrected chi connectivity index (χ1v) is 9.82. The van der Waals surface area contributed by atoms with Crippen molar-refractivity contribution in [3.63, 3.8) is 0 Å². The third-order valence-corrected chi connectivity index (χ3v) is 5.82. The van der Waals surface area contributed by atoms with Gasteiger partial charge in [0, 0.05) is 32.1 Å². The second-order valence-corrected chi connectivity index (χ2v) is 7.69. The van der Waals surface area contributed by atoms with E-state index in [1.165, 1.54) is 5.69 Å². The lowest BCUT2D eigenvalue weighted by Crippen LogP contribution is -2.42. The van der Waals surface area contributed by atoms with Crippen molar-refractivity contribution in [2.24, 2.45) is 0 Å². The highest BCUT2D eigenvalue weighted by atomic mass is 16.7.